The highest BCUT2D eigenvalue weighted by Gasteiger charge is 2.38. The summed E-state index contributed by atoms with van der Waals surface area (Å²) >= 11 is 0. The molecule has 0 spiro atoms. The van der Waals surface area contributed by atoms with Crippen LogP contribution in [0.3, 0.4) is 0 Å². The van der Waals surface area contributed by atoms with Crippen molar-refractivity contribution in [3.8, 4) is 0 Å². The van der Waals surface area contributed by atoms with Gasteiger partial charge in [-0.25, -0.2) is 0 Å². The topological polar surface area (TPSA) is 135 Å². The summed E-state index contributed by atoms with van der Waals surface area (Å²) in [5.74, 6) is -1.52. The maximum Gasteiger partial charge on any atom is 0.323 e. The van der Waals surface area contributed by atoms with E-state index in [1.165, 1.54) is 0 Å². The summed E-state index contributed by atoms with van der Waals surface area (Å²) in [7, 11) is 0. The quantitative estimate of drug-likeness (QED) is 0.336. The van der Waals surface area contributed by atoms with Crippen LogP contribution in [0.1, 0.15) is 87.5 Å². The van der Waals surface area contributed by atoms with E-state index in [9.17, 15) is 19.5 Å². The SMILES string of the molecule is CC(C)(C)OC(=O)[C@@H]1CCCN1C[C@H]1C[C@@H](c2ccc(CO)cc2)O[C@@H](c2ccc(CNC(=O)CCC(=O)O)cc2)O1. The number of carbonyl (C=O) groups excluding carboxylic acids is 2. The van der Waals surface area contributed by atoms with Crippen molar-refractivity contribution in [2.24, 2.45) is 0 Å². The number of aliphatic hydroxyl groups excluding tert-OH is 1. The van der Waals surface area contributed by atoms with Gasteiger partial charge in [-0.05, 0) is 56.8 Å². The highest BCUT2D eigenvalue weighted by molar-refractivity contribution is 5.80. The molecule has 0 aliphatic carbocycles. The predicted octanol–water partition coefficient (Wildman–Crippen LogP) is 4.01. The first-order chi connectivity index (χ1) is 20.0. The van der Waals surface area contributed by atoms with Crippen LogP contribution < -0.4 is 5.32 Å². The van der Waals surface area contributed by atoms with Gasteiger partial charge in [-0.3, -0.25) is 19.3 Å². The molecule has 0 bridgehead atoms. The van der Waals surface area contributed by atoms with Crippen molar-refractivity contribution >= 4 is 17.8 Å². The second-order valence-corrected chi connectivity index (χ2v) is 11.9. The minimum atomic E-state index is -1.01. The van der Waals surface area contributed by atoms with Gasteiger partial charge in [-0.2, -0.15) is 0 Å². The first kappa shape index (κ1) is 31.6. The molecular weight excluding hydrogens is 540 g/mol. The van der Waals surface area contributed by atoms with Gasteiger partial charge in [0.25, 0.3) is 0 Å². The van der Waals surface area contributed by atoms with E-state index in [1.807, 2.05) is 69.3 Å². The first-order valence-electron chi connectivity index (χ1n) is 14.6. The standard InChI is InChI=1S/C32H42N2O8/c1-32(2,3)42-30(39)26-5-4-16-34(26)19-25-17-27(23-10-8-22(20-35)9-11-23)41-31(40-25)24-12-6-21(7-13-24)18-33-28(36)14-15-29(37)38/h6-13,25-27,31,35H,4-5,14-20H2,1-3H3,(H,33,36)(H,37,38)/t25-,26+,27+,31+/m1/s1. The van der Waals surface area contributed by atoms with Crippen molar-refractivity contribution in [3.05, 3.63) is 70.8 Å². The largest absolute Gasteiger partial charge is 0.481 e. The smallest absolute Gasteiger partial charge is 0.323 e. The number of nitrogens with zero attached hydrogens (tertiary/aromatic N) is 1. The number of hydrogen-bond acceptors (Lipinski definition) is 8. The van der Waals surface area contributed by atoms with Crippen LogP contribution in [0.4, 0.5) is 0 Å². The molecule has 2 aromatic carbocycles. The molecule has 0 unspecified atom stereocenters. The molecule has 0 radical (unpaired) electrons. The van der Waals surface area contributed by atoms with Gasteiger partial charge in [0.15, 0.2) is 6.29 Å². The van der Waals surface area contributed by atoms with E-state index in [1.54, 1.807) is 0 Å². The molecule has 42 heavy (non-hydrogen) atoms. The van der Waals surface area contributed by atoms with E-state index < -0.39 is 17.9 Å². The van der Waals surface area contributed by atoms with Crippen molar-refractivity contribution in [2.75, 3.05) is 13.1 Å². The number of benzene rings is 2. The molecule has 228 valence electrons. The number of amides is 1. The van der Waals surface area contributed by atoms with Crippen LogP contribution in [0.2, 0.25) is 0 Å². The van der Waals surface area contributed by atoms with E-state index in [-0.39, 0.29) is 56.1 Å². The van der Waals surface area contributed by atoms with Crippen LogP contribution in [0.5, 0.6) is 0 Å². The molecule has 2 aliphatic rings. The van der Waals surface area contributed by atoms with Gasteiger partial charge in [-0.15, -0.1) is 0 Å². The van der Waals surface area contributed by atoms with E-state index >= 15 is 0 Å². The zero-order chi connectivity index (χ0) is 30.3. The van der Waals surface area contributed by atoms with Crippen molar-refractivity contribution in [3.63, 3.8) is 0 Å². The molecule has 4 atom stereocenters. The van der Waals surface area contributed by atoms with E-state index in [0.29, 0.717) is 13.0 Å². The number of nitrogens with one attached hydrogen (secondary N) is 1. The van der Waals surface area contributed by atoms with Crippen molar-refractivity contribution in [2.45, 2.75) is 96.2 Å². The second kappa shape index (κ2) is 14.2. The Morgan fingerprint density at radius 2 is 1.64 bits per heavy atom. The summed E-state index contributed by atoms with van der Waals surface area (Å²) in [6.07, 6.45) is 0.895. The fourth-order valence-corrected chi connectivity index (χ4v) is 5.28. The lowest BCUT2D eigenvalue weighted by Gasteiger charge is -2.38. The molecule has 2 heterocycles. The number of hydrogen-bond donors (Lipinski definition) is 3. The molecule has 4 rings (SSSR count). The van der Waals surface area contributed by atoms with Crippen LogP contribution in [-0.2, 0) is 41.7 Å². The maximum atomic E-state index is 12.9. The number of esters is 1. The van der Waals surface area contributed by atoms with Gasteiger partial charge in [0.2, 0.25) is 5.91 Å². The van der Waals surface area contributed by atoms with Gasteiger partial charge in [0.1, 0.15) is 11.6 Å². The Morgan fingerprint density at radius 3 is 2.29 bits per heavy atom. The number of likely N-dealkylation sites (tertiary alicyclic amines) is 1. The molecule has 2 saturated heterocycles. The molecule has 2 aromatic rings. The second-order valence-electron chi connectivity index (χ2n) is 11.9. The summed E-state index contributed by atoms with van der Waals surface area (Å²) in [6, 6.07) is 15.0. The Labute approximate surface area is 246 Å². The van der Waals surface area contributed by atoms with Crippen molar-refractivity contribution < 1.29 is 38.8 Å². The third kappa shape index (κ3) is 9.09. The number of rotatable bonds is 11. The lowest BCUT2D eigenvalue weighted by Crippen LogP contribution is -2.45. The molecule has 10 heteroatoms. The minimum absolute atomic E-state index is 0.0342. The van der Waals surface area contributed by atoms with E-state index in [0.717, 1.165) is 41.6 Å². The predicted molar refractivity (Wildman–Crippen MR) is 154 cm³/mol. The van der Waals surface area contributed by atoms with Crippen LogP contribution >= 0.6 is 0 Å². The normalized spacial score (nSPS) is 23.0. The lowest BCUT2D eigenvalue weighted by molar-refractivity contribution is -0.253. The van der Waals surface area contributed by atoms with Crippen LogP contribution in [0.15, 0.2) is 48.5 Å². The fourth-order valence-electron chi connectivity index (χ4n) is 5.28. The fraction of sp³-hybridized carbons (Fsp3) is 0.531. The third-order valence-electron chi connectivity index (χ3n) is 7.40. The molecule has 2 fully saturated rings. The molecular formula is C32H42N2O8. The molecule has 2 aliphatic heterocycles. The summed E-state index contributed by atoms with van der Waals surface area (Å²) in [6.45, 7) is 7.24. The highest BCUT2D eigenvalue weighted by Crippen LogP contribution is 2.39. The summed E-state index contributed by atoms with van der Waals surface area (Å²) in [5, 5.41) is 21.0. The van der Waals surface area contributed by atoms with Gasteiger partial charge < -0.3 is 29.7 Å². The van der Waals surface area contributed by atoms with Crippen molar-refractivity contribution in [1.82, 2.24) is 10.2 Å². The molecule has 3 N–H and O–H groups in total. The van der Waals surface area contributed by atoms with E-state index in [4.69, 9.17) is 19.3 Å². The Bertz CT molecular complexity index is 1210. The first-order valence-corrected chi connectivity index (χ1v) is 14.6. The summed E-state index contributed by atoms with van der Waals surface area (Å²) in [4.78, 5) is 37.7. The summed E-state index contributed by atoms with van der Waals surface area (Å²) < 4.78 is 18.6. The Hall–Kier alpha value is -3.31. The molecule has 0 saturated carbocycles. The third-order valence-corrected chi connectivity index (χ3v) is 7.40. The van der Waals surface area contributed by atoms with Crippen LogP contribution in [0.25, 0.3) is 0 Å². The number of ether oxygens (including phenoxy) is 3. The number of carbonyl (C=O) groups is 3. The van der Waals surface area contributed by atoms with Gasteiger partial charge in [0, 0.05) is 31.5 Å². The highest BCUT2D eigenvalue weighted by atomic mass is 16.7. The van der Waals surface area contributed by atoms with Gasteiger partial charge in [0.05, 0.1) is 25.2 Å². The zero-order valence-electron chi connectivity index (χ0n) is 24.6. The van der Waals surface area contributed by atoms with Gasteiger partial charge in [-0.1, -0.05) is 48.5 Å². The number of aliphatic carboxylic acids is 1. The summed E-state index contributed by atoms with van der Waals surface area (Å²) in [5.41, 5.74) is 2.94. The van der Waals surface area contributed by atoms with Crippen molar-refractivity contribution in [1.29, 1.82) is 0 Å². The van der Waals surface area contributed by atoms with Crippen LogP contribution in [-0.4, -0.2) is 63.8 Å². The average Bonchev–Trinajstić information content (AvgIpc) is 3.42. The lowest BCUT2D eigenvalue weighted by atomic mass is 9.99. The van der Waals surface area contributed by atoms with E-state index in [2.05, 4.69) is 10.2 Å². The van der Waals surface area contributed by atoms with Crippen LogP contribution in [0, 0.1) is 0 Å². The minimum Gasteiger partial charge on any atom is -0.481 e. The number of carboxylic acids is 1. The molecule has 10 nitrogen and oxygen atoms in total. The number of aliphatic hydroxyl groups is 1. The molecule has 0 aromatic heterocycles. The average molecular weight is 583 g/mol. The monoisotopic (exact) mass is 582 g/mol. The Balaban J connectivity index is 1.46. The maximum absolute atomic E-state index is 12.9. The number of carboxylic acid groups (broad SMARTS) is 1. The Kier molecular flexibility index (Phi) is 10.7. The Morgan fingerprint density at radius 1 is 0.976 bits per heavy atom. The zero-order valence-corrected chi connectivity index (χ0v) is 24.6. The molecule has 1 amide bonds. The van der Waals surface area contributed by atoms with Gasteiger partial charge >= 0.3 is 11.9 Å².